The van der Waals surface area contributed by atoms with Crippen LogP contribution in [-0.2, 0) is 6.54 Å². The van der Waals surface area contributed by atoms with E-state index in [1.807, 2.05) is 62.3 Å². The van der Waals surface area contributed by atoms with Crippen LogP contribution < -0.4 is 5.32 Å². The molecule has 0 aromatic heterocycles. The molecule has 0 radical (unpaired) electrons. The molecule has 0 aliphatic heterocycles. The van der Waals surface area contributed by atoms with Crippen molar-refractivity contribution in [2.45, 2.75) is 26.3 Å². The van der Waals surface area contributed by atoms with E-state index in [-0.39, 0.29) is 29.9 Å². The summed E-state index contributed by atoms with van der Waals surface area (Å²) in [6, 6.07) is 7.64. The van der Waals surface area contributed by atoms with Crippen molar-refractivity contribution in [2.24, 2.45) is 4.99 Å². The van der Waals surface area contributed by atoms with E-state index in [4.69, 9.17) is 0 Å². The van der Waals surface area contributed by atoms with Crippen molar-refractivity contribution in [3.05, 3.63) is 35.4 Å². The van der Waals surface area contributed by atoms with Gasteiger partial charge in [0.1, 0.15) is 0 Å². The van der Waals surface area contributed by atoms with Crippen molar-refractivity contribution >= 4 is 35.8 Å². The van der Waals surface area contributed by atoms with Crippen molar-refractivity contribution in [1.29, 1.82) is 0 Å². The lowest BCUT2D eigenvalue weighted by Gasteiger charge is -2.22. The van der Waals surface area contributed by atoms with Gasteiger partial charge in [-0.2, -0.15) is 0 Å². The number of unbranched alkanes of at least 4 members (excludes halogenated alkanes) is 1. The first-order valence-corrected chi connectivity index (χ1v) is 7.72. The predicted molar refractivity (Wildman–Crippen MR) is 108 cm³/mol. The fourth-order valence-electron chi connectivity index (χ4n) is 2.09. The minimum Gasteiger partial charge on any atom is -0.352 e. The summed E-state index contributed by atoms with van der Waals surface area (Å²) in [5.74, 6) is 0.909. The number of aliphatic imine (C=N–C) groups is 1. The van der Waals surface area contributed by atoms with Gasteiger partial charge in [0.2, 0.25) is 0 Å². The van der Waals surface area contributed by atoms with Gasteiger partial charge >= 0.3 is 0 Å². The fourth-order valence-corrected chi connectivity index (χ4v) is 2.09. The standard InChI is InChI=1S/C17H28N4O.HI/c1-6-7-12-18-16(22)15-10-8-14(9-11-15)13-19-17(20(2)3)21(4)5;/h8-11H,6-7,12-13H2,1-5H3,(H,18,22);1H. The van der Waals surface area contributed by atoms with Gasteiger partial charge in [0.05, 0.1) is 6.54 Å². The number of benzene rings is 1. The molecule has 1 N–H and O–H groups in total. The molecular formula is C17H29IN4O. The van der Waals surface area contributed by atoms with Gasteiger partial charge in [0.25, 0.3) is 5.91 Å². The normalized spacial score (nSPS) is 9.61. The van der Waals surface area contributed by atoms with Gasteiger partial charge in [0.15, 0.2) is 5.96 Å². The third kappa shape index (κ3) is 7.67. The molecule has 1 aromatic carbocycles. The molecule has 0 unspecified atom stereocenters. The summed E-state index contributed by atoms with van der Waals surface area (Å²) in [5.41, 5.74) is 1.79. The summed E-state index contributed by atoms with van der Waals surface area (Å²) >= 11 is 0. The van der Waals surface area contributed by atoms with Crippen LogP contribution in [0.1, 0.15) is 35.7 Å². The van der Waals surface area contributed by atoms with Gasteiger partial charge in [-0.15, -0.1) is 24.0 Å². The predicted octanol–water partition coefficient (Wildman–Crippen LogP) is 2.81. The SMILES string of the molecule is CCCCNC(=O)c1ccc(CN=C(N(C)C)N(C)C)cc1.I. The van der Waals surface area contributed by atoms with Crippen LogP contribution in [0.4, 0.5) is 0 Å². The number of hydrogen-bond donors (Lipinski definition) is 1. The first-order valence-electron chi connectivity index (χ1n) is 7.72. The molecule has 0 aliphatic carbocycles. The maximum atomic E-state index is 11.9. The van der Waals surface area contributed by atoms with Gasteiger partial charge in [-0.25, -0.2) is 4.99 Å². The lowest BCUT2D eigenvalue weighted by molar-refractivity contribution is 0.0953. The highest BCUT2D eigenvalue weighted by Crippen LogP contribution is 2.07. The van der Waals surface area contributed by atoms with E-state index in [0.29, 0.717) is 12.1 Å². The van der Waals surface area contributed by atoms with E-state index in [1.165, 1.54) is 0 Å². The summed E-state index contributed by atoms with van der Waals surface area (Å²) in [5, 5.41) is 2.92. The molecule has 5 nitrogen and oxygen atoms in total. The Labute approximate surface area is 157 Å². The second-order valence-electron chi connectivity index (χ2n) is 5.71. The van der Waals surface area contributed by atoms with Crippen molar-refractivity contribution in [2.75, 3.05) is 34.7 Å². The Hall–Kier alpha value is -1.31. The van der Waals surface area contributed by atoms with Crippen molar-refractivity contribution in [3.63, 3.8) is 0 Å². The summed E-state index contributed by atoms with van der Waals surface area (Å²) in [4.78, 5) is 20.5. The first kappa shape index (κ1) is 21.7. The molecule has 1 amide bonds. The second-order valence-corrected chi connectivity index (χ2v) is 5.71. The summed E-state index contributed by atoms with van der Waals surface area (Å²) in [6.07, 6.45) is 2.09. The molecule has 0 saturated heterocycles. The van der Waals surface area contributed by atoms with Gasteiger partial charge in [-0.1, -0.05) is 25.5 Å². The molecule has 0 heterocycles. The number of hydrogen-bond acceptors (Lipinski definition) is 2. The largest absolute Gasteiger partial charge is 0.352 e. The minimum absolute atomic E-state index is 0. The lowest BCUT2D eigenvalue weighted by atomic mass is 10.1. The third-order valence-electron chi connectivity index (χ3n) is 3.24. The Bertz CT molecular complexity index is 488. The highest BCUT2D eigenvalue weighted by molar-refractivity contribution is 14.0. The highest BCUT2D eigenvalue weighted by Gasteiger charge is 2.06. The number of guanidine groups is 1. The average Bonchev–Trinajstić information content (AvgIpc) is 2.47. The van der Waals surface area contributed by atoms with E-state index in [0.717, 1.165) is 30.9 Å². The van der Waals surface area contributed by atoms with Crippen molar-refractivity contribution in [1.82, 2.24) is 15.1 Å². The molecule has 1 rings (SSSR count). The second kappa shape index (κ2) is 11.3. The van der Waals surface area contributed by atoms with E-state index < -0.39 is 0 Å². The van der Waals surface area contributed by atoms with Crippen LogP contribution in [0.25, 0.3) is 0 Å². The number of carbonyl (C=O) groups is 1. The van der Waals surface area contributed by atoms with Crippen molar-refractivity contribution < 1.29 is 4.79 Å². The molecule has 0 spiro atoms. The molecule has 23 heavy (non-hydrogen) atoms. The maximum absolute atomic E-state index is 11.9. The van der Waals surface area contributed by atoms with Crippen molar-refractivity contribution in [3.8, 4) is 0 Å². The molecule has 0 saturated carbocycles. The third-order valence-corrected chi connectivity index (χ3v) is 3.24. The number of carbonyl (C=O) groups excluding carboxylic acids is 1. The first-order chi connectivity index (χ1) is 10.5. The van der Waals surface area contributed by atoms with E-state index in [1.54, 1.807) is 0 Å². The topological polar surface area (TPSA) is 47.9 Å². The highest BCUT2D eigenvalue weighted by atomic mass is 127. The monoisotopic (exact) mass is 432 g/mol. The van der Waals surface area contributed by atoms with E-state index >= 15 is 0 Å². The van der Waals surface area contributed by atoms with Crippen LogP contribution in [0.2, 0.25) is 0 Å². The summed E-state index contributed by atoms with van der Waals surface area (Å²) in [7, 11) is 7.90. The Kier molecular flexibility index (Phi) is 10.6. The molecular weight excluding hydrogens is 403 g/mol. The zero-order valence-electron chi connectivity index (χ0n) is 14.8. The smallest absolute Gasteiger partial charge is 0.251 e. The number of halogens is 1. The average molecular weight is 432 g/mol. The molecule has 1 aromatic rings. The zero-order valence-corrected chi connectivity index (χ0v) is 17.1. The van der Waals surface area contributed by atoms with Gasteiger partial charge in [0, 0.05) is 40.3 Å². The van der Waals surface area contributed by atoms with Gasteiger partial charge < -0.3 is 15.1 Å². The number of nitrogens with one attached hydrogen (secondary N) is 1. The summed E-state index contributed by atoms with van der Waals surface area (Å²) < 4.78 is 0. The van der Waals surface area contributed by atoms with Crippen LogP contribution in [0, 0.1) is 0 Å². The molecule has 130 valence electrons. The molecule has 0 aliphatic rings. The lowest BCUT2D eigenvalue weighted by Crippen LogP contribution is -2.35. The van der Waals surface area contributed by atoms with E-state index in [2.05, 4.69) is 17.2 Å². The number of nitrogens with zero attached hydrogens (tertiary/aromatic N) is 3. The molecule has 0 fully saturated rings. The Morgan fingerprint density at radius 2 is 1.65 bits per heavy atom. The van der Waals surface area contributed by atoms with Gasteiger partial charge in [-0.05, 0) is 24.1 Å². The summed E-state index contributed by atoms with van der Waals surface area (Å²) in [6.45, 7) is 3.44. The van der Waals surface area contributed by atoms with Crippen LogP contribution in [0.5, 0.6) is 0 Å². The van der Waals surface area contributed by atoms with Gasteiger partial charge in [-0.3, -0.25) is 4.79 Å². The minimum atomic E-state index is -0.00854. The molecule has 6 heteroatoms. The Morgan fingerprint density at radius 1 is 1.09 bits per heavy atom. The fraction of sp³-hybridized carbons (Fsp3) is 0.529. The van der Waals surface area contributed by atoms with Crippen LogP contribution >= 0.6 is 24.0 Å². The molecule has 0 bridgehead atoms. The maximum Gasteiger partial charge on any atom is 0.251 e. The number of rotatable bonds is 6. The number of amides is 1. The van der Waals surface area contributed by atoms with Crippen LogP contribution in [0.3, 0.4) is 0 Å². The Morgan fingerprint density at radius 3 is 2.13 bits per heavy atom. The molecule has 0 atom stereocenters. The van der Waals surface area contributed by atoms with Crippen LogP contribution in [-0.4, -0.2) is 56.4 Å². The van der Waals surface area contributed by atoms with Crippen LogP contribution in [0.15, 0.2) is 29.3 Å². The van der Waals surface area contributed by atoms with E-state index in [9.17, 15) is 4.79 Å². The zero-order chi connectivity index (χ0) is 16.5. The Balaban J connectivity index is 0.00000484. The quantitative estimate of drug-likeness (QED) is 0.326.